The first-order chi connectivity index (χ1) is 24.7. The van der Waals surface area contributed by atoms with Gasteiger partial charge in [0.15, 0.2) is 17.5 Å². The highest BCUT2D eigenvalue weighted by atomic mass is 15.0. The molecule has 9 rings (SSSR count). The second-order valence-corrected chi connectivity index (χ2v) is 15.2. The van der Waals surface area contributed by atoms with Crippen molar-refractivity contribution in [2.45, 2.75) is 51.4 Å². The molecule has 0 N–H and O–H groups in total. The lowest BCUT2D eigenvalue weighted by molar-refractivity contribution is 0.332. The van der Waals surface area contributed by atoms with Gasteiger partial charge in [-0.1, -0.05) is 137 Å². The summed E-state index contributed by atoms with van der Waals surface area (Å²) in [5.41, 5.74) is 11.8. The molecule has 0 atom stereocenters. The molecule has 0 unspecified atom stereocenters. The Labute approximate surface area is 299 Å². The SMILES string of the molecule is CC1(C)CCC(C)(C)c2cc3c(cc21)c1ccccc1n3-c1cccc(-c2nc(-c3ccccc3)nc(-c3cccc(-c4ccccc4)c3)n2)c1. The van der Waals surface area contributed by atoms with Crippen molar-refractivity contribution in [2.24, 2.45) is 0 Å². The predicted octanol–water partition coefficient (Wildman–Crippen LogP) is 12.0. The molecule has 8 aromatic rings. The average molecular weight is 661 g/mol. The Bertz CT molecular complexity index is 2580. The zero-order chi connectivity index (χ0) is 34.7. The molecule has 248 valence electrons. The van der Waals surface area contributed by atoms with Crippen molar-refractivity contribution in [3.63, 3.8) is 0 Å². The van der Waals surface area contributed by atoms with Crippen LogP contribution in [0.25, 0.3) is 72.8 Å². The summed E-state index contributed by atoms with van der Waals surface area (Å²) in [6.45, 7) is 9.61. The molecule has 2 aromatic heterocycles. The number of para-hydroxylation sites is 1. The molecule has 1 aliphatic carbocycles. The monoisotopic (exact) mass is 660 g/mol. The van der Waals surface area contributed by atoms with Gasteiger partial charge in [0.1, 0.15) is 0 Å². The maximum atomic E-state index is 5.14. The maximum Gasteiger partial charge on any atom is 0.164 e. The van der Waals surface area contributed by atoms with Crippen molar-refractivity contribution in [1.82, 2.24) is 19.5 Å². The maximum absolute atomic E-state index is 5.14. The van der Waals surface area contributed by atoms with Crippen LogP contribution in [0, 0.1) is 0 Å². The molecule has 0 fully saturated rings. The summed E-state index contributed by atoms with van der Waals surface area (Å²) in [6.07, 6.45) is 2.36. The minimum Gasteiger partial charge on any atom is -0.309 e. The van der Waals surface area contributed by atoms with Crippen LogP contribution in [-0.4, -0.2) is 19.5 Å². The highest BCUT2D eigenvalue weighted by Gasteiger charge is 2.37. The van der Waals surface area contributed by atoms with Crippen LogP contribution in [0.3, 0.4) is 0 Å². The molecule has 0 saturated heterocycles. The Hall–Kier alpha value is -5.87. The number of fused-ring (bicyclic) bond motifs is 4. The molecule has 0 bridgehead atoms. The summed E-state index contributed by atoms with van der Waals surface area (Å²) in [5.74, 6) is 1.95. The minimum absolute atomic E-state index is 0.106. The first-order valence-corrected chi connectivity index (χ1v) is 17.9. The third kappa shape index (κ3) is 5.43. The van der Waals surface area contributed by atoms with Crippen molar-refractivity contribution in [3.05, 3.63) is 157 Å². The van der Waals surface area contributed by atoms with E-state index < -0.39 is 0 Å². The Morgan fingerprint density at radius 1 is 0.412 bits per heavy atom. The second-order valence-electron chi connectivity index (χ2n) is 15.2. The largest absolute Gasteiger partial charge is 0.309 e. The topological polar surface area (TPSA) is 43.6 Å². The molecular weight excluding hydrogens is 621 g/mol. The van der Waals surface area contributed by atoms with E-state index in [-0.39, 0.29) is 10.8 Å². The normalized spacial score (nSPS) is 14.8. The molecule has 0 spiro atoms. The fourth-order valence-electron chi connectivity index (χ4n) is 7.91. The Morgan fingerprint density at radius 2 is 0.922 bits per heavy atom. The van der Waals surface area contributed by atoms with E-state index in [0.29, 0.717) is 17.5 Å². The first kappa shape index (κ1) is 31.1. The van der Waals surface area contributed by atoms with Gasteiger partial charge >= 0.3 is 0 Å². The van der Waals surface area contributed by atoms with Crippen LogP contribution in [0.5, 0.6) is 0 Å². The smallest absolute Gasteiger partial charge is 0.164 e. The van der Waals surface area contributed by atoms with Gasteiger partial charge in [0.2, 0.25) is 0 Å². The van der Waals surface area contributed by atoms with Crippen LogP contribution in [0.4, 0.5) is 0 Å². The average Bonchev–Trinajstić information content (AvgIpc) is 3.50. The van der Waals surface area contributed by atoms with E-state index in [9.17, 15) is 0 Å². The predicted molar refractivity (Wildman–Crippen MR) is 211 cm³/mol. The van der Waals surface area contributed by atoms with Crippen molar-refractivity contribution < 1.29 is 0 Å². The van der Waals surface area contributed by atoms with Crippen LogP contribution in [0.15, 0.2) is 146 Å². The third-order valence-corrected chi connectivity index (χ3v) is 10.9. The van der Waals surface area contributed by atoms with Gasteiger partial charge in [-0.05, 0) is 82.3 Å². The van der Waals surface area contributed by atoms with Crippen LogP contribution in [0.2, 0.25) is 0 Å². The quantitative estimate of drug-likeness (QED) is 0.184. The van der Waals surface area contributed by atoms with Gasteiger partial charge in [0.25, 0.3) is 0 Å². The first-order valence-electron chi connectivity index (χ1n) is 17.9. The summed E-state index contributed by atoms with van der Waals surface area (Å²) in [6, 6.07) is 51.5. The van der Waals surface area contributed by atoms with E-state index in [1.54, 1.807) is 0 Å². The number of hydrogen-bond donors (Lipinski definition) is 0. The number of rotatable bonds is 5. The summed E-state index contributed by atoms with van der Waals surface area (Å²) in [7, 11) is 0. The van der Waals surface area contributed by atoms with E-state index in [0.717, 1.165) is 33.5 Å². The van der Waals surface area contributed by atoms with Gasteiger partial charge in [0.05, 0.1) is 11.0 Å². The lowest BCUT2D eigenvalue weighted by Crippen LogP contribution is -2.33. The molecule has 0 aliphatic heterocycles. The van der Waals surface area contributed by atoms with Crippen LogP contribution < -0.4 is 0 Å². The molecule has 2 heterocycles. The van der Waals surface area contributed by atoms with Gasteiger partial charge in [-0.25, -0.2) is 15.0 Å². The Morgan fingerprint density at radius 3 is 1.61 bits per heavy atom. The van der Waals surface area contributed by atoms with Crippen molar-refractivity contribution in [3.8, 4) is 51.0 Å². The fourth-order valence-corrected chi connectivity index (χ4v) is 7.91. The summed E-state index contributed by atoms with van der Waals surface area (Å²) in [4.78, 5) is 15.3. The zero-order valence-electron chi connectivity index (χ0n) is 29.6. The summed E-state index contributed by atoms with van der Waals surface area (Å²) < 4.78 is 2.43. The molecule has 4 heteroatoms. The molecule has 51 heavy (non-hydrogen) atoms. The van der Waals surface area contributed by atoms with E-state index in [1.807, 2.05) is 24.3 Å². The minimum atomic E-state index is 0.106. The zero-order valence-corrected chi connectivity index (χ0v) is 29.6. The highest BCUT2D eigenvalue weighted by Crippen LogP contribution is 2.48. The molecule has 6 aromatic carbocycles. The lowest BCUT2D eigenvalue weighted by Gasteiger charge is -2.42. The molecule has 0 amide bonds. The highest BCUT2D eigenvalue weighted by molar-refractivity contribution is 6.10. The molecule has 1 aliphatic rings. The van der Waals surface area contributed by atoms with Crippen LogP contribution in [-0.2, 0) is 10.8 Å². The van der Waals surface area contributed by atoms with Crippen molar-refractivity contribution >= 4 is 21.8 Å². The van der Waals surface area contributed by atoms with Crippen molar-refractivity contribution in [1.29, 1.82) is 0 Å². The van der Waals surface area contributed by atoms with Crippen molar-refractivity contribution in [2.75, 3.05) is 0 Å². The van der Waals surface area contributed by atoms with E-state index in [2.05, 4.69) is 154 Å². The molecular formula is C47H40N4. The fraction of sp³-hybridized carbons (Fsp3) is 0.170. The number of nitrogens with zero attached hydrogens (tertiary/aromatic N) is 4. The standard InChI is InChI=1S/C47H40N4/c1-46(2)25-26-47(3,4)40-30-42-38(29-39(40)46)37-23-11-12-24-41(37)51(42)36-22-14-21-35(28-36)45-49-43(32-17-9-6-10-18-32)48-44(50-45)34-20-13-19-33(27-34)31-15-7-5-8-16-31/h5-24,27-30H,25-26H2,1-4H3. The lowest BCUT2D eigenvalue weighted by atomic mass is 9.63. The molecule has 0 radical (unpaired) electrons. The van der Waals surface area contributed by atoms with E-state index in [4.69, 9.17) is 15.0 Å². The Balaban J connectivity index is 1.23. The molecule has 0 saturated carbocycles. The van der Waals surface area contributed by atoms with E-state index >= 15 is 0 Å². The van der Waals surface area contributed by atoms with E-state index in [1.165, 1.54) is 45.8 Å². The molecule has 4 nitrogen and oxygen atoms in total. The van der Waals surface area contributed by atoms with Gasteiger partial charge < -0.3 is 4.57 Å². The van der Waals surface area contributed by atoms with Gasteiger partial charge in [-0.3, -0.25) is 0 Å². The van der Waals surface area contributed by atoms with Gasteiger partial charge in [-0.2, -0.15) is 0 Å². The Kier molecular flexibility index (Phi) is 7.25. The number of hydrogen-bond acceptors (Lipinski definition) is 3. The number of benzene rings is 6. The number of aromatic nitrogens is 4. The van der Waals surface area contributed by atoms with Gasteiger partial charge in [0, 0.05) is 33.2 Å². The van der Waals surface area contributed by atoms with Crippen LogP contribution >= 0.6 is 0 Å². The second kappa shape index (κ2) is 11.9. The van der Waals surface area contributed by atoms with Crippen LogP contribution in [0.1, 0.15) is 51.7 Å². The van der Waals surface area contributed by atoms with Gasteiger partial charge in [-0.15, -0.1) is 0 Å². The summed E-state index contributed by atoms with van der Waals surface area (Å²) >= 11 is 0. The summed E-state index contributed by atoms with van der Waals surface area (Å²) in [5, 5.41) is 2.57. The third-order valence-electron chi connectivity index (χ3n) is 10.9.